The summed E-state index contributed by atoms with van der Waals surface area (Å²) >= 11 is 0. The molecule has 0 spiro atoms. The highest BCUT2D eigenvalue weighted by Crippen LogP contribution is 2.23. The number of hydrogen-bond donors (Lipinski definition) is 3. The number of piperidine rings is 1. The predicted octanol–water partition coefficient (Wildman–Crippen LogP) is 1.63. The van der Waals surface area contributed by atoms with Crippen molar-refractivity contribution in [2.75, 3.05) is 39.4 Å². The number of hydrogen-bond acceptors (Lipinski definition) is 6. The number of nitrogens with one attached hydrogen (secondary N) is 2. The van der Waals surface area contributed by atoms with Gasteiger partial charge >= 0.3 is 17.8 Å². The van der Waals surface area contributed by atoms with Crippen molar-refractivity contribution in [2.24, 2.45) is 5.92 Å². The van der Waals surface area contributed by atoms with E-state index in [1.54, 1.807) is 9.80 Å². The van der Waals surface area contributed by atoms with Gasteiger partial charge in [-0.15, -0.1) is 0 Å². The lowest BCUT2D eigenvalue weighted by Gasteiger charge is -2.31. The zero-order valence-electron chi connectivity index (χ0n) is 20.0. The number of urea groups is 1. The van der Waals surface area contributed by atoms with Gasteiger partial charge in [0, 0.05) is 26.2 Å². The molecule has 2 aliphatic rings. The van der Waals surface area contributed by atoms with Gasteiger partial charge in [0.05, 0.1) is 19.8 Å². The van der Waals surface area contributed by atoms with Crippen LogP contribution in [-0.2, 0) is 17.7 Å². The number of amides is 3. The molecule has 11 heteroatoms. The van der Waals surface area contributed by atoms with Gasteiger partial charge in [0.2, 0.25) is 0 Å². The van der Waals surface area contributed by atoms with E-state index in [9.17, 15) is 19.5 Å². The van der Waals surface area contributed by atoms with Crippen molar-refractivity contribution in [3.63, 3.8) is 0 Å². The Morgan fingerprint density at radius 2 is 1.80 bits per heavy atom. The topological polar surface area (TPSA) is 129 Å². The molecule has 2 aromatic rings. The van der Waals surface area contributed by atoms with Crippen LogP contribution in [0.5, 0.6) is 5.88 Å². The van der Waals surface area contributed by atoms with Crippen LogP contribution >= 0.6 is 0 Å². The fraction of sp³-hybridized carbons (Fsp3) is 0.542. The molecular weight excluding hydrogens is 454 g/mol. The second-order valence-electron chi connectivity index (χ2n) is 9.10. The summed E-state index contributed by atoms with van der Waals surface area (Å²) < 4.78 is 5.74. The number of likely N-dealkylation sites (tertiary alicyclic amines) is 1. The van der Waals surface area contributed by atoms with Crippen molar-refractivity contribution in [3.8, 4) is 5.88 Å². The number of benzene rings is 1. The van der Waals surface area contributed by atoms with E-state index < -0.39 is 17.7 Å². The Kier molecular flexibility index (Phi) is 7.96. The van der Waals surface area contributed by atoms with Crippen LogP contribution in [0.25, 0.3) is 0 Å². The van der Waals surface area contributed by atoms with Crippen molar-refractivity contribution in [1.29, 1.82) is 0 Å². The molecule has 11 nitrogen and oxygen atoms in total. The van der Waals surface area contributed by atoms with E-state index >= 15 is 0 Å². The number of aryl methyl sites for hydroxylation is 2. The van der Waals surface area contributed by atoms with E-state index in [2.05, 4.69) is 41.5 Å². The summed E-state index contributed by atoms with van der Waals surface area (Å²) in [6.45, 7) is 4.88. The molecule has 2 aliphatic heterocycles. The summed E-state index contributed by atoms with van der Waals surface area (Å²) in [5.41, 5.74) is 1.83. The van der Waals surface area contributed by atoms with Gasteiger partial charge in [-0.1, -0.05) is 34.6 Å². The maximum absolute atomic E-state index is 12.6. The Morgan fingerprint density at radius 1 is 1.11 bits per heavy atom. The summed E-state index contributed by atoms with van der Waals surface area (Å²) in [4.78, 5) is 47.8. The minimum absolute atomic E-state index is 0.0548. The number of rotatable bonds is 6. The summed E-state index contributed by atoms with van der Waals surface area (Å²) in [7, 11) is 0. The lowest BCUT2D eigenvalue weighted by Crippen LogP contribution is -2.45. The number of carbonyl (C=O) groups excluding carboxylic acids is 2. The normalized spacial score (nSPS) is 16.8. The van der Waals surface area contributed by atoms with Crippen molar-refractivity contribution < 1.29 is 24.3 Å². The molecule has 3 heterocycles. The highest BCUT2D eigenvalue weighted by molar-refractivity contribution is 5.74. The molecule has 0 unspecified atom stereocenters. The maximum Gasteiger partial charge on any atom is 0.434 e. The summed E-state index contributed by atoms with van der Waals surface area (Å²) in [6, 6.07) is 8.23. The monoisotopic (exact) mass is 487 g/mol. The largest absolute Gasteiger partial charge is 0.491 e. The summed E-state index contributed by atoms with van der Waals surface area (Å²) in [5, 5.41) is 13.0. The molecule has 0 aliphatic carbocycles. The van der Waals surface area contributed by atoms with Crippen LogP contribution in [0.4, 0.5) is 9.59 Å². The Hall–Kier alpha value is -3.47. The second-order valence-corrected chi connectivity index (χ2v) is 9.10. The van der Waals surface area contributed by atoms with Gasteiger partial charge in [-0.05, 0) is 44.1 Å². The van der Waals surface area contributed by atoms with E-state index in [0.717, 1.165) is 25.7 Å². The fourth-order valence-electron chi connectivity index (χ4n) is 4.37. The van der Waals surface area contributed by atoms with Crippen molar-refractivity contribution in [3.05, 3.63) is 51.6 Å². The zero-order valence-corrected chi connectivity index (χ0v) is 20.0. The first-order chi connectivity index (χ1) is 16.9. The number of nitrogens with zero attached hydrogens (tertiary/aromatic N) is 3. The van der Waals surface area contributed by atoms with Crippen LogP contribution < -0.4 is 15.8 Å². The lowest BCUT2D eigenvalue weighted by atomic mass is 9.90. The molecule has 0 atom stereocenters. The third kappa shape index (κ3) is 6.36. The molecule has 3 N–H and O–H groups in total. The molecule has 0 saturated carbocycles. The van der Waals surface area contributed by atoms with Crippen LogP contribution in [0, 0.1) is 12.8 Å². The molecule has 0 radical (unpaired) electrons. The van der Waals surface area contributed by atoms with Gasteiger partial charge in [0.1, 0.15) is 5.69 Å². The molecule has 1 aromatic heterocycles. The van der Waals surface area contributed by atoms with Crippen molar-refractivity contribution in [2.45, 2.75) is 39.2 Å². The maximum atomic E-state index is 12.6. The summed E-state index contributed by atoms with van der Waals surface area (Å²) in [5.74, 6) is -0.0240. The highest BCUT2D eigenvalue weighted by atomic mass is 16.7. The van der Waals surface area contributed by atoms with E-state index in [1.165, 1.54) is 11.1 Å². The van der Waals surface area contributed by atoms with Gasteiger partial charge in [-0.2, -0.15) is 0 Å². The highest BCUT2D eigenvalue weighted by Gasteiger charge is 2.26. The van der Waals surface area contributed by atoms with Crippen LogP contribution in [0.1, 0.15) is 36.1 Å². The Bertz CT molecular complexity index is 1070. The first kappa shape index (κ1) is 24.6. The Morgan fingerprint density at radius 3 is 2.49 bits per heavy atom. The van der Waals surface area contributed by atoms with Crippen LogP contribution in [0.3, 0.4) is 0 Å². The second kappa shape index (κ2) is 11.3. The molecule has 3 amide bonds. The molecular formula is C24H33N5O6. The Balaban J connectivity index is 1.24. The number of morpholine rings is 1. The molecule has 4 rings (SSSR count). The smallest absolute Gasteiger partial charge is 0.434 e. The van der Waals surface area contributed by atoms with E-state index in [-0.39, 0.29) is 18.3 Å². The molecule has 1 aromatic carbocycles. The lowest BCUT2D eigenvalue weighted by molar-refractivity contribution is 0.0530. The average molecular weight is 488 g/mol. The number of aromatic amines is 1. The van der Waals surface area contributed by atoms with Gasteiger partial charge < -0.3 is 34.8 Å². The molecule has 0 bridgehead atoms. The number of aromatic nitrogens is 2. The Labute approximate surface area is 203 Å². The number of imidazole rings is 1. The zero-order chi connectivity index (χ0) is 24.8. The minimum Gasteiger partial charge on any atom is -0.491 e. The third-order valence-electron chi connectivity index (χ3n) is 6.62. The summed E-state index contributed by atoms with van der Waals surface area (Å²) in [6.07, 6.45) is 3.08. The number of ether oxygens (including phenoxy) is 1. The van der Waals surface area contributed by atoms with Crippen LogP contribution in [0.15, 0.2) is 29.1 Å². The van der Waals surface area contributed by atoms with Crippen LogP contribution in [-0.4, -0.2) is 76.1 Å². The number of carbonyl (C=O) groups is 2. The van der Waals surface area contributed by atoms with E-state index in [0.29, 0.717) is 50.0 Å². The predicted molar refractivity (Wildman–Crippen MR) is 127 cm³/mol. The fourth-order valence-corrected chi connectivity index (χ4v) is 4.37. The van der Waals surface area contributed by atoms with Crippen LogP contribution in [0.2, 0.25) is 0 Å². The first-order valence-corrected chi connectivity index (χ1v) is 12.1. The quantitative estimate of drug-likeness (QED) is 0.568. The number of aromatic hydroxyl groups is 1. The minimum atomic E-state index is -0.792. The molecule has 2 fully saturated rings. The molecule has 35 heavy (non-hydrogen) atoms. The van der Waals surface area contributed by atoms with Crippen molar-refractivity contribution >= 4 is 12.1 Å². The van der Waals surface area contributed by atoms with Gasteiger partial charge in [0.15, 0.2) is 0 Å². The van der Waals surface area contributed by atoms with Crippen molar-refractivity contribution in [1.82, 2.24) is 24.8 Å². The first-order valence-electron chi connectivity index (χ1n) is 12.1. The van der Waals surface area contributed by atoms with E-state index in [1.807, 2.05) is 0 Å². The van der Waals surface area contributed by atoms with Gasteiger partial charge in [0.25, 0.3) is 5.88 Å². The standard InChI is InChI=1S/C24H33N5O6/c1-17-2-4-18(5-3-17)6-7-19-8-10-28(11-9-19)24(33)35-29-21(30)20(26-23(29)32)16-25-22(31)27-12-14-34-15-13-27/h2-5,19,30H,6-16H2,1H3,(H,25,31)(H,26,32). The SMILES string of the molecule is Cc1ccc(CCC2CCN(C(=O)On3c(O)c(CNC(=O)N4CCOCC4)[nH]c3=O)CC2)cc1. The van der Waals surface area contributed by atoms with Gasteiger partial charge in [-0.25, -0.2) is 14.4 Å². The molecule has 190 valence electrons. The average Bonchev–Trinajstić information content (AvgIpc) is 3.15. The van der Waals surface area contributed by atoms with Gasteiger partial charge in [-0.3, -0.25) is 0 Å². The van der Waals surface area contributed by atoms with E-state index in [4.69, 9.17) is 9.57 Å². The number of H-pyrrole nitrogens is 1. The molecule has 2 saturated heterocycles. The third-order valence-corrected chi connectivity index (χ3v) is 6.62.